The molecule has 102 valence electrons. The van der Waals surface area contributed by atoms with E-state index >= 15 is 0 Å². The molecule has 1 aromatic rings. The summed E-state index contributed by atoms with van der Waals surface area (Å²) in [5, 5.41) is 0. The summed E-state index contributed by atoms with van der Waals surface area (Å²) in [6.07, 6.45) is -0.261. The van der Waals surface area contributed by atoms with Crippen LogP contribution in [0.2, 0.25) is 0 Å². The van der Waals surface area contributed by atoms with Crippen LogP contribution in [0.25, 0.3) is 0 Å². The van der Waals surface area contributed by atoms with Gasteiger partial charge in [-0.25, -0.2) is 0 Å². The van der Waals surface area contributed by atoms with Gasteiger partial charge in [-0.15, -0.1) is 0 Å². The fraction of sp³-hybridized carbons (Fsp3) is 0.182. The molecule has 8 heteroatoms. The summed E-state index contributed by atoms with van der Waals surface area (Å²) in [5.74, 6) is 4.01. The summed E-state index contributed by atoms with van der Waals surface area (Å²) in [7, 11) is 0. The maximum Gasteiger partial charge on any atom is 0.432 e. The van der Waals surface area contributed by atoms with Gasteiger partial charge in [-0.05, 0) is 0 Å². The molecule has 0 unspecified atom stereocenters. The monoisotopic (exact) mass is 272 g/mol. The molecule has 0 bridgehead atoms. The van der Waals surface area contributed by atoms with Crippen molar-refractivity contribution in [3.63, 3.8) is 0 Å². The normalized spacial score (nSPS) is 12.6. The first kappa shape index (κ1) is 14.8. The number of carbonyl (C=O) groups excluding carboxylic acids is 1. The molecule has 0 amide bonds. The number of hydrogen-bond donors (Lipinski definition) is 2. The van der Waals surface area contributed by atoms with Crippen molar-refractivity contribution in [3.05, 3.63) is 48.2 Å². The number of halogens is 3. The lowest BCUT2D eigenvalue weighted by atomic mass is 10.0. The average molecular weight is 272 g/mol. The van der Waals surface area contributed by atoms with Crippen LogP contribution >= 0.6 is 0 Å². The second-order valence-corrected chi connectivity index (χ2v) is 3.43. The van der Waals surface area contributed by atoms with Crippen LogP contribution in [0.5, 0.6) is 0 Å². The van der Waals surface area contributed by atoms with E-state index in [-0.39, 0.29) is 12.1 Å². The summed E-state index contributed by atoms with van der Waals surface area (Å²) in [4.78, 5) is 19.3. The number of alkyl halides is 3. The Morgan fingerprint density at radius 1 is 1.47 bits per heavy atom. The molecule has 0 spiro atoms. The van der Waals surface area contributed by atoms with Gasteiger partial charge in [0.2, 0.25) is 0 Å². The lowest BCUT2D eigenvalue weighted by Gasteiger charge is -2.14. The van der Waals surface area contributed by atoms with E-state index in [1.54, 1.807) is 0 Å². The van der Waals surface area contributed by atoms with Crippen LogP contribution in [0.3, 0.4) is 0 Å². The van der Waals surface area contributed by atoms with E-state index in [0.717, 1.165) is 6.08 Å². The van der Waals surface area contributed by atoms with Gasteiger partial charge in [0, 0.05) is 24.2 Å². The molecule has 0 fully saturated rings. The number of carbonyl (C=O) groups is 1. The number of allylic oxidation sites excluding steroid dienone is 3. The molecule has 5 nitrogen and oxygen atoms in total. The Morgan fingerprint density at radius 2 is 2.16 bits per heavy atom. The lowest BCUT2D eigenvalue weighted by molar-refractivity contribution is -0.117. The zero-order chi connectivity index (χ0) is 14.5. The van der Waals surface area contributed by atoms with Crippen molar-refractivity contribution < 1.29 is 18.0 Å². The van der Waals surface area contributed by atoms with Crippen molar-refractivity contribution >= 4 is 5.78 Å². The van der Waals surface area contributed by atoms with Crippen LogP contribution in [0.15, 0.2) is 42.5 Å². The minimum Gasteiger partial charge on any atom is -0.320 e. The van der Waals surface area contributed by atoms with Crippen molar-refractivity contribution in [1.29, 1.82) is 0 Å². The molecule has 3 N–H and O–H groups in total. The van der Waals surface area contributed by atoms with Crippen LogP contribution < -0.4 is 11.3 Å². The first-order valence-corrected chi connectivity index (χ1v) is 5.08. The number of nitrogens with one attached hydrogen (secondary N) is 1. The molecule has 0 aliphatic rings. The van der Waals surface area contributed by atoms with Crippen molar-refractivity contribution in [2.45, 2.75) is 12.6 Å². The maximum absolute atomic E-state index is 12.6. The Labute approximate surface area is 107 Å². The third-order valence-corrected chi connectivity index (χ3v) is 2.16. The Hall–Kier alpha value is -2.22. The quantitative estimate of drug-likeness (QED) is 0.362. The molecule has 1 aromatic heterocycles. The van der Waals surface area contributed by atoms with Gasteiger partial charge in [0.05, 0.1) is 12.1 Å². The molecule has 0 saturated heterocycles. The summed E-state index contributed by atoms with van der Waals surface area (Å²) in [6.45, 7) is 3.20. The zero-order valence-electron chi connectivity index (χ0n) is 9.74. The maximum atomic E-state index is 12.6. The van der Waals surface area contributed by atoms with Crippen molar-refractivity contribution in [3.8, 4) is 0 Å². The largest absolute Gasteiger partial charge is 0.432 e. The van der Waals surface area contributed by atoms with E-state index in [1.807, 2.05) is 0 Å². The van der Waals surface area contributed by atoms with Crippen molar-refractivity contribution in [2.75, 3.05) is 0 Å². The molecule has 19 heavy (non-hydrogen) atoms. The van der Waals surface area contributed by atoms with Gasteiger partial charge in [-0.1, -0.05) is 12.7 Å². The number of ketones is 1. The van der Waals surface area contributed by atoms with Gasteiger partial charge >= 0.3 is 6.18 Å². The predicted molar refractivity (Wildman–Crippen MR) is 61.3 cm³/mol. The molecule has 0 radical (unpaired) electrons. The van der Waals surface area contributed by atoms with E-state index < -0.39 is 23.2 Å². The third-order valence-electron chi connectivity index (χ3n) is 2.16. The van der Waals surface area contributed by atoms with Crippen LogP contribution in [0.4, 0.5) is 13.2 Å². The smallest absolute Gasteiger partial charge is 0.320 e. The Kier molecular flexibility index (Phi) is 4.76. The highest BCUT2D eigenvalue weighted by Gasteiger charge is 2.37. The minimum absolute atomic E-state index is 0.255. The summed E-state index contributed by atoms with van der Waals surface area (Å²) >= 11 is 0. The third kappa shape index (κ3) is 3.88. The van der Waals surface area contributed by atoms with Crippen molar-refractivity contribution in [1.82, 2.24) is 15.4 Å². The fourth-order valence-electron chi connectivity index (χ4n) is 1.35. The summed E-state index contributed by atoms with van der Waals surface area (Å²) in [5.41, 5.74) is -0.234. The van der Waals surface area contributed by atoms with Gasteiger partial charge in [-0.3, -0.25) is 20.6 Å². The van der Waals surface area contributed by atoms with E-state index in [0.29, 0.717) is 0 Å². The van der Waals surface area contributed by atoms with Crippen LogP contribution in [-0.2, 0) is 11.2 Å². The average Bonchev–Trinajstić information content (AvgIpc) is 2.35. The van der Waals surface area contributed by atoms with Gasteiger partial charge in [0.1, 0.15) is 5.70 Å². The molecule has 1 rings (SSSR count). The predicted octanol–water partition coefficient (Wildman–Crippen LogP) is 1.05. The Bertz CT molecular complexity index is 496. The van der Waals surface area contributed by atoms with Gasteiger partial charge in [0.15, 0.2) is 5.78 Å². The lowest BCUT2D eigenvalue weighted by Crippen LogP contribution is -2.34. The molecule has 0 aliphatic heterocycles. The molecule has 0 aromatic carbocycles. The number of hydrazine groups is 1. The Morgan fingerprint density at radius 3 is 2.58 bits per heavy atom. The molecule has 0 aliphatic carbocycles. The Balaban J connectivity index is 3.06. The van der Waals surface area contributed by atoms with Crippen LogP contribution in [0.1, 0.15) is 5.69 Å². The summed E-state index contributed by atoms with van der Waals surface area (Å²) < 4.78 is 37.9. The number of hydrogen-bond acceptors (Lipinski definition) is 5. The van der Waals surface area contributed by atoms with Gasteiger partial charge in [-0.2, -0.15) is 13.2 Å². The number of nitrogens with zero attached hydrogens (tertiary/aromatic N) is 2. The SMILES string of the molecule is C=C/C(C(=O)Cc1cnccn1)=C(\NN)C(F)(F)F. The molecular weight excluding hydrogens is 261 g/mol. The molecule has 0 saturated carbocycles. The number of aromatic nitrogens is 2. The standard InChI is InChI=1S/C11H11F3N4O/c1-2-8(10(18-15)11(12,13)14)9(19)5-7-6-16-3-4-17-7/h2-4,6,18H,1,5,15H2/b10-8+. The van der Waals surface area contributed by atoms with Gasteiger partial charge in [0.25, 0.3) is 0 Å². The summed E-state index contributed by atoms with van der Waals surface area (Å²) in [6, 6.07) is 0. The van der Waals surface area contributed by atoms with Gasteiger partial charge < -0.3 is 5.43 Å². The van der Waals surface area contributed by atoms with E-state index in [2.05, 4.69) is 16.5 Å². The van der Waals surface area contributed by atoms with Crippen LogP contribution in [-0.4, -0.2) is 21.9 Å². The second-order valence-electron chi connectivity index (χ2n) is 3.43. The zero-order valence-corrected chi connectivity index (χ0v) is 9.74. The first-order valence-electron chi connectivity index (χ1n) is 5.08. The first-order chi connectivity index (χ1) is 8.90. The van der Waals surface area contributed by atoms with E-state index in [1.165, 1.54) is 24.0 Å². The topological polar surface area (TPSA) is 80.9 Å². The van der Waals surface area contributed by atoms with E-state index in [9.17, 15) is 18.0 Å². The number of nitrogens with two attached hydrogens (primary N) is 1. The number of rotatable bonds is 5. The van der Waals surface area contributed by atoms with Crippen molar-refractivity contribution in [2.24, 2.45) is 5.84 Å². The highest BCUT2D eigenvalue weighted by atomic mass is 19.4. The second kappa shape index (κ2) is 6.10. The highest BCUT2D eigenvalue weighted by Crippen LogP contribution is 2.26. The number of Topliss-reactive ketones (excluding diaryl/α,β-unsaturated/α-hetero) is 1. The minimum atomic E-state index is -4.77. The van der Waals surface area contributed by atoms with E-state index in [4.69, 9.17) is 5.84 Å². The molecule has 1 heterocycles. The fourth-order valence-corrected chi connectivity index (χ4v) is 1.35. The molecule has 0 atom stereocenters. The highest BCUT2D eigenvalue weighted by molar-refractivity contribution is 5.99. The molecular formula is C11H11F3N4O. The van der Waals surface area contributed by atoms with Crippen LogP contribution in [0, 0.1) is 0 Å².